The van der Waals surface area contributed by atoms with Gasteiger partial charge in [-0.15, -0.1) is 0 Å². The molecule has 0 bridgehead atoms. The molecule has 2 aromatic rings. The van der Waals surface area contributed by atoms with Crippen LogP contribution in [0, 0.1) is 6.92 Å². The Kier molecular flexibility index (Phi) is 6.05. The molecule has 1 unspecified atom stereocenters. The van der Waals surface area contributed by atoms with Gasteiger partial charge in [0.1, 0.15) is 5.69 Å². The van der Waals surface area contributed by atoms with E-state index in [2.05, 4.69) is 32.3 Å². The Morgan fingerprint density at radius 3 is 2.48 bits per heavy atom. The number of benzene rings is 1. The van der Waals surface area contributed by atoms with Gasteiger partial charge < -0.3 is 15.4 Å². The lowest BCUT2D eigenvalue weighted by molar-refractivity contribution is 0.0600. The minimum absolute atomic E-state index is 0.212. The van der Waals surface area contributed by atoms with Crippen LogP contribution in [-0.2, 0) is 4.74 Å². The summed E-state index contributed by atoms with van der Waals surface area (Å²) >= 11 is 0. The zero-order valence-corrected chi connectivity index (χ0v) is 14.8. The molecule has 25 heavy (non-hydrogen) atoms. The molecule has 1 amide bonds. The number of methoxy groups -OCH3 is 1. The fraction of sp³-hybridized carbons (Fsp3) is 0.333. The maximum Gasteiger partial charge on any atom is 0.337 e. The first-order valence-corrected chi connectivity index (χ1v) is 8.05. The Morgan fingerprint density at radius 2 is 1.88 bits per heavy atom. The van der Waals surface area contributed by atoms with Crippen LogP contribution in [0.2, 0.25) is 0 Å². The molecule has 0 aliphatic heterocycles. The zero-order valence-electron chi connectivity index (χ0n) is 14.8. The summed E-state index contributed by atoms with van der Waals surface area (Å²) in [6.07, 6.45) is 0.922. The SMILES string of the molecule is CCC(C)Nc1nc(C)cc(C(=O)Nc2ccc(C(=O)OC)cc2)n1. The van der Waals surface area contributed by atoms with Crippen LogP contribution >= 0.6 is 0 Å². The number of amides is 1. The van der Waals surface area contributed by atoms with Crippen molar-refractivity contribution in [3.63, 3.8) is 0 Å². The third-order valence-corrected chi connectivity index (χ3v) is 3.64. The van der Waals surface area contributed by atoms with E-state index in [0.717, 1.165) is 6.42 Å². The third-order valence-electron chi connectivity index (χ3n) is 3.64. The molecular weight excluding hydrogens is 320 g/mol. The highest BCUT2D eigenvalue weighted by Gasteiger charge is 2.12. The summed E-state index contributed by atoms with van der Waals surface area (Å²) in [5.41, 5.74) is 1.95. The highest BCUT2D eigenvalue weighted by atomic mass is 16.5. The standard InChI is InChI=1S/C18H22N4O3/c1-5-11(2)19-18-20-12(3)10-15(22-18)16(23)21-14-8-6-13(7-9-14)17(24)25-4/h6-11H,5H2,1-4H3,(H,21,23)(H,19,20,22). The van der Waals surface area contributed by atoms with Crippen molar-refractivity contribution in [2.75, 3.05) is 17.7 Å². The number of nitrogens with one attached hydrogen (secondary N) is 2. The Balaban J connectivity index is 2.13. The molecule has 2 rings (SSSR count). The van der Waals surface area contributed by atoms with E-state index >= 15 is 0 Å². The highest BCUT2D eigenvalue weighted by Crippen LogP contribution is 2.13. The molecule has 1 aromatic carbocycles. The first-order chi connectivity index (χ1) is 11.9. The normalized spacial score (nSPS) is 11.5. The molecule has 1 heterocycles. The van der Waals surface area contributed by atoms with E-state index in [9.17, 15) is 9.59 Å². The van der Waals surface area contributed by atoms with E-state index in [1.807, 2.05) is 13.8 Å². The Bertz CT molecular complexity index is 759. The largest absolute Gasteiger partial charge is 0.465 e. The topological polar surface area (TPSA) is 93.2 Å². The van der Waals surface area contributed by atoms with Crippen LogP contribution < -0.4 is 10.6 Å². The summed E-state index contributed by atoms with van der Waals surface area (Å²) in [6.45, 7) is 5.89. The van der Waals surface area contributed by atoms with Crippen molar-refractivity contribution in [3.8, 4) is 0 Å². The summed E-state index contributed by atoms with van der Waals surface area (Å²) < 4.78 is 4.64. The minimum Gasteiger partial charge on any atom is -0.465 e. The number of nitrogens with zero attached hydrogens (tertiary/aromatic N) is 2. The lowest BCUT2D eigenvalue weighted by Crippen LogP contribution is -2.19. The number of hydrogen-bond acceptors (Lipinski definition) is 6. The predicted molar refractivity (Wildman–Crippen MR) is 95.9 cm³/mol. The summed E-state index contributed by atoms with van der Waals surface area (Å²) in [6, 6.07) is 8.28. The number of hydrogen-bond donors (Lipinski definition) is 2. The van der Waals surface area contributed by atoms with Gasteiger partial charge in [0.15, 0.2) is 0 Å². The number of ether oxygens (including phenoxy) is 1. The second-order valence-electron chi connectivity index (χ2n) is 5.69. The maximum absolute atomic E-state index is 12.4. The van der Waals surface area contributed by atoms with Crippen LogP contribution in [-0.4, -0.2) is 35.0 Å². The lowest BCUT2D eigenvalue weighted by atomic mass is 10.2. The second kappa shape index (κ2) is 8.23. The summed E-state index contributed by atoms with van der Waals surface area (Å²) in [7, 11) is 1.32. The molecule has 0 saturated carbocycles. The van der Waals surface area contributed by atoms with Crippen LogP contribution in [0.25, 0.3) is 0 Å². The van der Waals surface area contributed by atoms with Crippen molar-refractivity contribution >= 4 is 23.5 Å². The third kappa shape index (κ3) is 5.00. The van der Waals surface area contributed by atoms with E-state index < -0.39 is 5.97 Å². The van der Waals surface area contributed by atoms with Crippen LogP contribution in [0.5, 0.6) is 0 Å². The van der Waals surface area contributed by atoms with Crippen molar-refractivity contribution in [2.45, 2.75) is 33.2 Å². The van der Waals surface area contributed by atoms with Gasteiger partial charge in [-0.2, -0.15) is 0 Å². The molecule has 132 valence electrons. The summed E-state index contributed by atoms with van der Waals surface area (Å²) in [4.78, 5) is 32.4. The molecule has 7 nitrogen and oxygen atoms in total. The molecule has 1 atom stereocenters. The van der Waals surface area contributed by atoms with Gasteiger partial charge in [0.05, 0.1) is 12.7 Å². The first-order valence-electron chi connectivity index (χ1n) is 8.05. The smallest absolute Gasteiger partial charge is 0.337 e. The summed E-state index contributed by atoms with van der Waals surface area (Å²) in [5, 5.41) is 5.92. The van der Waals surface area contributed by atoms with Crippen LogP contribution in [0.4, 0.5) is 11.6 Å². The van der Waals surface area contributed by atoms with E-state index in [1.165, 1.54) is 7.11 Å². The number of aryl methyl sites for hydroxylation is 1. The monoisotopic (exact) mass is 342 g/mol. The van der Waals surface area contributed by atoms with Gasteiger partial charge in [0.2, 0.25) is 5.95 Å². The number of carbonyl (C=O) groups is 2. The van der Waals surface area contributed by atoms with Crippen LogP contribution in [0.3, 0.4) is 0 Å². The molecule has 0 fully saturated rings. The average molecular weight is 342 g/mol. The van der Waals surface area contributed by atoms with Crippen molar-refractivity contribution in [2.24, 2.45) is 0 Å². The molecular formula is C18H22N4O3. The second-order valence-corrected chi connectivity index (χ2v) is 5.69. The van der Waals surface area contributed by atoms with Gasteiger partial charge >= 0.3 is 5.97 Å². The quantitative estimate of drug-likeness (QED) is 0.784. The van der Waals surface area contributed by atoms with E-state index in [4.69, 9.17) is 0 Å². The van der Waals surface area contributed by atoms with Gasteiger partial charge in [-0.25, -0.2) is 14.8 Å². The number of esters is 1. The number of aromatic nitrogens is 2. The number of anilines is 2. The summed E-state index contributed by atoms with van der Waals surface area (Å²) in [5.74, 6) is -0.339. The van der Waals surface area contributed by atoms with Crippen LogP contribution in [0.1, 0.15) is 46.8 Å². The molecule has 1 aromatic heterocycles. The lowest BCUT2D eigenvalue weighted by Gasteiger charge is -2.13. The Hall–Kier alpha value is -2.96. The first kappa shape index (κ1) is 18.4. The molecule has 0 aliphatic carbocycles. The van der Waals surface area contributed by atoms with Gasteiger partial charge in [0, 0.05) is 17.4 Å². The van der Waals surface area contributed by atoms with Gasteiger partial charge in [0.25, 0.3) is 5.91 Å². The van der Waals surface area contributed by atoms with Gasteiger partial charge in [-0.05, 0) is 50.6 Å². The Morgan fingerprint density at radius 1 is 1.20 bits per heavy atom. The molecule has 0 saturated heterocycles. The number of carbonyl (C=O) groups excluding carboxylic acids is 2. The number of rotatable bonds is 6. The predicted octanol–water partition coefficient (Wildman–Crippen LogP) is 3.03. The van der Waals surface area contributed by atoms with E-state index in [1.54, 1.807) is 30.3 Å². The van der Waals surface area contributed by atoms with Crippen molar-refractivity contribution < 1.29 is 14.3 Å². The maximum atomic E-state index is 12.4. The fourth-order valence-corrected chi connectivity index (χ4v) is 2.07. The molecule has 7 heteroatoms. The van der Waals surface area contributed by atoms with E-state index in [0.29, 0.717) is 22.9 Å². The van der Waals surface area contributed by atoms with Crippen LogP contribution in [0.15, 0.2) is 30.3 Å². The van der Waals surface area contributed by atoms with Gasteiger partial charge in [-0.1, -0.05) is 6.92 Å². The van der Waals surface area contributed by atoms with Crippen molar-refractivity contribution in [1.29, 1.82) is 0 Å². The fourth-order valence-electron chi connectivity index (χ4n) is 2.07. The van der Waals surface area contributed by atoms with Crippen molar-refractivity contribution in [3.05, 3.63) is 47.3 Å². The minimum atomic E-state index is -0.426. The highest BCUT2D eigenvalue weighted by molar-refractivity contribution is 6.03. The van der Waals surface area contributed by atoms with E-state index in [-0.39, 0.29) is 17.6 Å². The average Bonchev–Trinajstić information content (AvgIpc) is 2.61. The molecule has 0 aliphatic rings. The van der Waals surface area contributed by atoms with Crippen molar-refractivity contribution in [1.82, 2.24) is 9.97 Å². The molecule has 0 radical (unpaired) electrons. The molecule has 0 spiro atoms. The Labute approximate surface area is 146 Å². The molecule has 2 N–H and O–H groups in total. The zero-order chi connectivity index (χ0) is 18.4. The van der Waals surface area contributed by atoms with Gasteiger partial charge in [-0.3, -0.25) is 4.79 Å².